The van der Waals surface area contributed by atoms with Crippen LogP contribution in [0.3, 0.4) is 0 Å². The predicted octanol–water partition coefficient (Wildman–Crippen LogP) is 1.08. The highest BCUT2D eigenvalue weighted by Gasteiger charge is 2.34. The van der Waals surface area contributed by atoms with Gasteiger partial charge in [0, 0.05) is 20.0 Å². The fourth-order valence-corrected chi connectivity index (χ4v) is 3.89. The molecule has 23 heavy (non-hydrogen) atoms. The summed E-state index contributed by atoms with van der Waals surface area (Å²) in [6, 6.07) is 1.31. The van der Waals surface area contributed by atoms with E-state index in [0.29, 0.717) is 4.31 Å². The highest BCUT2D eigenvalue weighted by molar-refractivity contribution is 7.89. The number of hydrogen-bond donors (Lipinski definition) is 2. The molecule has 128 valence electrons. The third kappa shape index (κ3) is 4.88. The summed E-state index contributed by atoms with van der Waals surface area (Å²) >= 11 is 5.76. The number of rotatable bonds is 7. The molecular formula is C13H16ClFN2O5S. The van der Waals surface area contributed by atoms with Gasteiger partial charge in [-0.1, -0.05) is 11.6 Å². The molecule has 1 rings (SSSR count). The van der Waals surface area contributed by atoms with Crippen LogP contribution in [-0.2, 0) is 19.6 Å². The predicted molar refractivity (Wildman–Crippen MR) is 81.1 cm³/mol. The standard InChI is InChI=1S/C13H16ClFN2O5S/c1-8(13(19)20)17(6-5-16-9(2)18)23(21,22)12-4-3-10(15)7-11(12)14/h3-4,7-8H,5-6H2,1-2H3,(H,16,18)(H,19,20). The Morgan fingerprint density at radius 3 is 2.52 bits per heavy atom. The summed E-state index contributed by atoms with van der Waals surface area (Å²) in [5.74, 6) is -2.47. The van der Waals surface area contributed by atoms with Crippen molar-refractivity contribution in [2.24, 2.45) is 0 Å². The lowest BCUT2D eigenvalue weighted by molar-refractivity contribution is -0.140. The number of nitrogens with one attached hydrogen (secondary N) is 1. The van der Waals surface area contributed by atoms with Gasteiger partial charge in [0.05, 0.1) is 5.02 Å². The molecule has 0 heterocycles. The molecule has 0 aliphatic rings. The first-order valence-electron chi connectivity index (χ1n) is 6.51. The van der Waals surface area contributed by atoms with E-state index in [4.69, 9.17) is 16.7 Å². The number of carbonyl (C=O) groups excluding carboxylic acids is 1. The van der Waals surface area contributed by atoms with Crippen molar-refractivity contribution in [1.82, 2.24) is 9.62 Å². The topological polar surface area (TPSA) is 104 Å². The second kappa shape index (κ2) is 7.71. The fraction of sp³-hybridized carbons (Fsp3) is 0.385. The van der Waals surface area contributed by atoms with E-state index < -0.39 is 32.7 Å². The second-order valence-corrected chi connectivity index (χ2v) is 6.95. The van der Waals surface area contributed by atoms with Gasteiger partial charge in [-0.25, -0.2) is 12.8 Å². The highest BCUT2D eigenvalue weighted by Crippen LogP contribution is 2.26. The zero-order chi connectivity index (χ0) is 17.8. The van der Waals surface area contributed by atoms with E-state index in [0.717, 1.165) is 18.2 Å². The lowest BCUT2D eigenvalue weighted by atomic mass is 10.3. The summed E-state index contributed by atoms with van der Waals surface area (Å²) in [5.41, 5.74) is 0. The van der Waals surface area contributed by atoms with Gasteiger partial charge in [0.1, 0.15) is 16.8 Å². The first-order chi connectivity index (χ1) is 10.6. The first-order valence-corrected chi connectivity index (χ1v) is 8.33. The minimum Gasteiger partial charge on any atom is -0.480 e. The molecule has 10 heteroatoms. The molecule has 0 fully saturated rings. The van der Waals surface area contributed by atoms with Crippen LogP contribution in [0.15, 0.2) is 23.1 Å². The Morgan fingerprint density at radius 1 is 1.43 bits per heavy atom. The largest absolute Gasteiger partial charge is 0.480 e. The minimum absolute atomic E-state index is 0.0784. The molecular weight excluding hydrogens is 351 g/mol. The maximum atomic E-state index is 13.1. The molecule has 0 saturated heterocycles. The monoisotopic (exact) mass is 366 g/mol. The van der Waals surface area contributed by atoms with Crippen molar-refractivity contribution in [2.45, 2.75) is 24.8 Å². The molecule has 1 aromatic rings. The van der Waals surface area contributed by atoms with Crippen LogP contribution in [0, 0.1) is 5.82 Å². The number of carboxylic acid groups (broad SMARTS) is 1. The van der Waals surface area contributed by atoms with Crippen LogP contribution in [0.2, 0.25) is 5.02 Å². The smallest absolute Gasteiger partial charge is 0.321 e. The van der Waals surface area contributed by atoms with Crippen molar-refractivity contribution in [3.63, 3.8) is 0 Å². The number of carbonyl (C=O) groups is 2. The number of benzene rings is 1. The van der Waals surface area contributed by atoms with Gasteiger partial charge in [0.15, 0.2) is 0 Å². The number of halogens is 2. The molecule has 1 aromatic carbocycles. The number of sulfonamides is 1. The third-order valence-electron chi connectivity index (χ3n) is 2.98. The molecule has 0 aromatic heterocycles. The zero-order valence-electron chi connectivity index (χ0n) is 12.4. The van der Waals surface area contributed by atoms with Gasteiger partial charge >= 0.3 is 5.97 Å². The van der Waals surface area contributed by atoms with Crippen LogP contribution >= 0.6 is 11.6 Å². The van der Waals surface area contributed by atoms with Crippen molar-refractivity contribution < 1.29 is 27.5 Å². The Morgan fingerprint density at radius 2 is 2.04 bits per heavy atom. The summed E-state index contributed by atoms with van der Waals surface area (Å²) < 4.78 is 39.0. The van der Waals surface area contributed by atoms with Crippen LogP contribution < -0.4 is 5.32 Å². The fourth-order valence-electron chi connectivity index (χ4n) is 1.80. The van der Waals surface area contributed by atoms with Crippen LogP contribution in [0.25, 0.3) is 0 Å². The summed E-state index contributed by atoms with van der Waals surface area (Å²) in [7, 11) is -4.29. The Labute approximate surface area is 138 Å². The average molecular weight is 367 g/mol. The van der Waals surface area contributed by atoms with Gasteiger partial charge in [0.2, 0.25) is 15.9 Å². The second-order valence-electron chi connectivity index (χ2n) is 4.69. The molecule has 0 aliphatic heterocycles. The van der Waals surface area contributed by atoms with Crippen LogP contribution in [0.1, 0.15) is 13.8 Å². The van der Waals surface area contributed by atoms with Crippen LogP contribution in [0.4, 0.5) is 4.39 Å². The van der Waals surface area contributed by atoms with E-state index in [1.165, 1.54) is 13.8 Å². The number of aliphatic carboxylic acids is 1. The molecule has 0 spiro atoms. The van der Waals surface area contributed by atoms with Crippen LogP contribution in [-0.4, -0.2) is 48.8 Å². The van der Waals surface area contributed by atoms with E-state index in [9.17, 15) is 22.4 Å². The number of nitrogens with zero attached hydrogens (tertiary/aromatic N) is 1. The van der Waals surface area contributed by atoms with E-state index in [2.05, 4.69) is 5.32 Å². The summed E-state index contributed by atoms with van der Waals surface area (Å²) in [5, 5.41) is 11.1. The number of hydrogen-bond acceptors (Lipinski definition) is 4. The van der Waals surface area contributed by atoms with Gasteiger partial charge in [-0.2, -0.15) is 4.31 Å². The minimum atomic E-state index is -4.29. The van der Waals surface area contributed by atoms with Crippen molar-refractivity contribution in [2.75, 3.05) is 13.1 Å². The quantitative estimate of drug-likeness (QED) is 0.751. The van der Waals surface area contributed by atoms with Gasteiger partial charge < -0.3 is 10.4 Å². The lowest BCUT2D eigenvalue weighted by Gasteiger charge is -2.26. The Hall–Kier alpha value is -1.71. The third-order valence-corrected chi connectivity index (χ3v) is 5.43. The van der Waals surface area contributed by atoms with Crippen LogP contribution in [0.5, 0.6) is 0 Å². The molecule has 1 atom stereocenters. The lowest BCUT2D eigenvalue weighted by Crippen LogP contribution is -2.46. The van der Waals surface area contributed by atoms with E-state index in [1.54, 1.807) is 0 Å². The molecule has 0 saturated carbocycles. The molecule has 0 radical (unpaired) electrons. The van der Waals surface area contributed by atoms with Gasteiger partial charge in [0.25, 0.3) is 0 Å². The Balaban J connectivity index is 3.21. The Kier molecular flexibility index (Phi) is 6.48. The molecule has 1 unspecified atom stereocenters. The molecule has 2 N–H and O–H groups in total. The van der Waals surface area contributed by atoms with Crippen molar-refractivity contribution in [3.8, 4) is 0 Å². The molecule has 7 nitrogen and oxygen atoms in total. The van der Waals surface area contributed by atoms with E-state index in [-0.39, 0.29) is 24.0 Å². The highest BCUT2D eigenvalue weighted by atomic mass is 35.5. The average Bonchev–Trinajstić information content (AvgIpc) is 2.41. The molecule has 0 aliphatic carbocycles. The van der Waals surface area contributed by atoms with E-state index in [1.807, 2.05) is 0 Å². The summed E-state index contributed by atoms with van der Waals surface area (Å²) in [6.45, 7) is 2.08. The maximum absolute atomic E-state index is 13.1. The normalized spacial score (nSPS) is 12.9. The van der Waals surface area contributed by atoms with Gasteiger partial charge in [-0.15, -0.1) is 0 Å². The Bertz CT molecular complexity index is 710. The van der Waals surface area contributed by atoms with E-state index >= 15 is 0 Å². The summed E-state index contributed by atoms with van der Waals surface area (Å²) in [6.07, 6.45) is 0. The van der Waals surface area contributed by atoms with Crippen molar-refractivity contribution in [3.05, 3.63) is 29.0 Å². The van der Waals surface area contributed by atoms with Crippen molar-refractivity contribution >= 4 is 33.5 Å². The van der Waals surface area contributed by atoms with Crippen molar-refractivity contribution in [1.29, 1.82) is 0 Å². The molecule has 1 amide bonds. The van der Waals surface area contributed by atoms with Gasteiger partial charge in [-0.05, 0) is 25.1 Å². The molecule has 0 bridgehead atoms. The number of amides is 1. The zero-order valence-corrected chi connectivity index (χ0v) is 14.0. The summed E-state index contributed by atoms with van der Waals surface area (Å²) in [4.78, 5) is 21.6. The maximum Gasteiger partial charge on any atom is 0.321 e. The number of carboxylic acids is 1. The first kappa shape index (κ1) is 19.3. The SMILES string of the molecule is CC(=O)NCCN(C(C)C(=O)O)S(=O)(=O)c1ccc(F)cc1Cl. The van der Waals surface area contributed by atoms with Gasteiger partial charge in [-0.3, -0.25) is 9.59 Å².